The number of carbonyl (C=O) groups is 1. The Bertz CT molecular complexity index is 476. The quantitative estimate of drug-likeness (QED) is 0.567. The molecule has 3 aliphatic rings. The van der Waals surface area contributed by atoms with Gasteiger partial charge in [-0.3, -0.25) is 9.79 Å². The first-order chi connectivity index (χ1) is 12.1. The van der Waals surface area contributed by atoms with Crippen molar-refractivity contribution < 1.29 is 9.53 Å². The second-order valence-corrected chi connectivity index (χ2v) is 7.61. The number of ether oxygens (including phenoxy) is 1. The van der Waals surface area contributed by atoms with Crippen molar-refractivity contribution in [2.24, 2.45) is 10.9 Å². The molecular formula is C18H33N5O2. The fourth-order valence-electron chi connectivity index (χ4n) is 3.89. The minimum Gasteiger partial charge on any atom is -0.368 e. The Kier molecular flexibility index (Phi) is 6.17. The maximum atomic E-state index is 12.4. The van der Waals surface area contributed by atoms with Crippen LogP contribution in [0.4, 0.5) is 0 Å². The number of piperazine rings is 1. The summed E-state index contributed by atoms with van der Waals surface area (Å²) in [5.74, 6) is 1.94. The predicted octanol–water partition coefficient (Wildman–Crippen LogP) is 0.225. The number of nitrogens with zero attached hydrogens (tertiary/aromatic N) is 4. The van der Waals surface area contributed by atoms with Crippen LogP contribution in [0, 0.1) is 5.92 Å². The number of amides is 1. The van der Waals surface area contributed by atoms with E-state index >= 15 is 0 Å². The molecule has 7 heteroatoms. The molecule has 2 saturated heterocycles. The van der Waals surface area contributed by atoms with Crippen LogP contribution in [0.15, 0.2) is 4.99 Å². The molecule has 2 atom stereocenters. The number of nitrogens with one attached hydrogen (secondary N) is 1. The van der Waals surface area contributed by atoms with Crippen LogP contribution < -0.4 is 5.32 Å². The van der Waals surface area contributed by atoms with Gasteiger partial charge in [-0.25, -0.2) is 0 Å². The first kappa shape index (κ1) is 18.5. The Morgan fingerprint density at radius 3 is 2.40 bits per heavy atom. The zero-order chi connectivity index (χ0) is 17.8. The lowest BCUT2D eigenvalue weighted by atomic mass is 10.1. The fourth-order valence-corrected chi connectivity index (χ4v) is 3.89. The van der Waals surface area contributed by atoms with E-state index in [0.717, 1.165) is 64.0 Å². The van der Waals surface area contributed by atoms with E-state index in [0.29, 0.717) is 6.04 Å². The number of carbonyl (C=O) groups excluding carboxylic acids is 1. The van der Waals surface area contributed by atoms with Gasteiger partial charge in [0.2, 0.25) is 0 Å². The number of likely N-dealkylation sites (N-methyl/N-ethyl adjacent to an activating group) is 1. The van der Waals surface area contributed by atoms with Crippen LogP contribution in [-0.2, 0) is 9.53 Å². The van der Waals surface area contributed by atoms with Crippen LogP contribution in [0.3, 0.4) is 0 Å². The molecule has 3 fully saturated rings. The van der Waals surface area contributed by atoms with Crippen molar-refractivity contribution in [3.8, 4) is 0 Å². The van der Waals surface area contributed by atoms with Crippen molar-refractivity contribution in [3.05, 3.63) is 0 Å². The van der Waals surface area contributed by atoms with Crippen molar-refractivity contribution in [1.29, 1.82) is 0 Å². The number of hydrogen-bond donors (Lipinski definition) is 1. The van der Waals surface area contributed by atoms with Crippen molar-refractivity contribution >= 4 is 11.9 Å². The van der Waals surface area contributed by atoms with Gasteiger partial charge in [-0.2, -0.15) is 0 Å². The van der Waals surface area contributed by atoms with E-state index in [1.54, 1.807) is 0 Å². The maximum absolute atomic E-state index is 12.4. The van der Waals surface area contributed by atoms with E-state index in [1.165, 1.54) is 12.8 Å². The van der Waals surface area contributed by atoms with Gasteiger partial charge in [-0.1, -0.05) is 0 Å². The highest BCUT2D eigenvalue weighted by Crippen LogP contribution is 2.34. The molecule has 0 aromatic rings. The molecule has 2 aliphatic heterocycles. The minimum atomic E-state index is -0.205. The van der Waals surface area contributed by atoms with E-state index in [1.807, 2.05) is 11.9 Å². The molecule has 0 radical (unpaired) electrons. The van der Waals surface area contributed by atoms with Gasteiger partial charge in [-0.15, -0.1) is 0 Å². The molecule has 2 unspecified atom stereocenters. The van der Waals surface area contributed by atoms with Crippen LogP contribution >= 0.6 is 0 Å². The summed E-state index contributed by atoms with van der Waals surface area (Å²) in [5.41, 5.74) is 0. The Morgan fingerprint density at radius 1 is 1.20 bits per heavy atom. The zero-order valence-corrected chi connectivity index (χ0v) is 15.9. The fraction of sp³-hybridized carbons (Fsp3) is 0.889. The molecule has 2 heterocycles. The van der Waals surface area contributed by atoms with E-state index in [9.17, 15) is 4.79 Å². The third-order valence-corrected chi connectivity index (χ3v) is 5.61. The van der Waals surface area contributed by atoms with Gasteiger partial charge in [0.25, 0.3) is 5.91 Å². The standard InChI is InChI=1S/C18H33N5O2/c1-19-18(20-13-15(21(2)3)14-6-7-14)23-10-8-22(9-11-23)17(24)16-5-4-12-25-16/h14-16H,4-13H2,1-3H3,(H,19,20). The van der Waals surface area contributed by atoms with Crippen LogP contribution in [0.1, 0.15) is 25.7 Å². The normalized spacial score (nSPS) is 26.2. The van der Waals surface area contributed by atoms with Crippen LogP contribution in [0.2, 0.25) is 0 Å². The molecule has 1 saturated carbocycles. The van der Waals surface area contributed by atoms with Gasteiger partial charge in [-0.05, 0) is 45.7 Å². The molecule has 0 bridgehead atoms. The van der Waals surface area contributed by atoms with Gasteiger partial charge in [0.05, 0.1) is 0 Å². The second-order valence-electron chi connectivity index (χ2n) is 7.61. The topological polar surface area (TPSA) is 60.4 Å². The average Bonchev–Trinajstić information content (AvgIpc) is 3.30. The highest BCUT2D eigenvalue weighted by atomic mass is 16.5. The van der Waals surface area contributed by atoms with Gasteiger partial charge in [0, 0.05) is 52.4 Å². The molecule has 142 valence electrons. The molecule has 1 amide bonds. The SMILES string of the molecule is CN=C(NCC(C1CC1)N(C)C)N1CCN(C(=O)C2CCCO2)CC1. The monoisotopic (exact) mass is 351 g/mol. The summed E-state index contributed by atoms with van der Waals surface area (Å²) in [6.07, 6.45) is 4.35. The second kappa shape index (κ2) is 8.36. The van der Waals surface area contributed by atoms with Crippen LogP contribution in [0.25, 0.3) is 0 Å². The van der Waals surface area contributed by atoms with Crippen LogP contribution in [0.5, 0.6) is 0 Å². The molecule has 7 nitrogen and oxygen atoms in total. The van der Waals surface area contributed by atoms with Crippen LogP contribution in [-0.4, -0.2) is 99.2 Å². The van der Waals surface area contributed by atoms with Gasteiger partial charge in [0.1, 0.15) is 6.10 Å². The van der Waals surface area contributed by atoms with Crippen molar-refractivity contribution in [2.45, 2.75) is 37.8 Å². The van der Waals surface area contributed by atoms with E-state index in [4.69, 9.17) is 4.74 Å². The lowest BCUT2D eigenvalue weighted by Crippen LogP contribution is -2.56. The number of hydrogen-bond acceptors (Lipinski definition) is 4. The molecular weight excluding hydrogens is 318 g/mol. The number of guanidine groups is 1. The Balaban J connectivity index is 1.46. The summed E-state index contributed by atoms with van der Waals surface area (Å²) in [6.45, 7) is 4.81. The lowest BCUT2D eigenvalue weighted by molar-refractivity contribution is -0.142. The minimum absolute atomic E-state index is 0.168. The Labute approximate surface area is 151 Å². The largest absolute Gasteiger partial charge is 0.368 e. The van der Waals surface area contributed by atoms with Gasteiger partial charge < -0.3 is 24.8 Å². The molecule has 1 aliphatic carbocycles. The van der Waals surface area contributed by atoms with Crippen molar-refractivity contribution in [3.63, 3.8) is 0 Å². The number of rotatable bonds is 5. The average molecular weight is 351 g/mol. The summed E-state index contributed by atoms with van der Waals surface area (Å²) < 4.78 is 5.53. The highest BCUT2D eigenvalue weighted by Gasteiger charge is 2.34. The van der Waals surface area contributed by atoms with Gasteiger partial charge in [0.15, 0.2) is 5.96 Å². The molecule has 3 rings (SSSR count). The summed E-state index contributed by atoms with van der Waals surface area (Å²) in [5, 5.41) is 3.55. The molecule has 0 aromatic carbocycles. The van der Waals surface area contributed by atoms with E-state index < -0.39 is 0 Å². The summed E-state index contributed by atoms with van der Waals surface area (Å²) in [6, 6.07) is 0.569. The van der Waals surface area contributed by atoms with E-state index in [-0.39, 0.29) is 12.0 Å². The van der Waals surface area contributed by atoms with Crippen molar-refractivity contribution in [2.75, 3.05) is 60.5 Å². The molecule has 25 heavy (non-hydrogen) atoms. The molecule has 0 aromatic heterocycles. The third-order valence-electron chi connectivity index (χ3n) is 5.61. The smallest absolute Gasteiger partial charge is 0.251 e. The Hall–Kier alpha value is -1.34. The highest BCUT2D eigenvalue weighted by molar-refractivity contribution is 5.82. The zero-order valence-electron chi connectivity index (χ0n) is 15.9. The summed E-state index contributed by atoms with van der Waals surface area (Å²) >= 11 is 0. The third kappa shape index (κ3) is 4.64. The number of aliphatic imine (C=N–C) groups is 1. The molecule has 1 N–H and O–H groups in total. The Morgan fingerprint density at radius 2 is 1.88 bits per heavy atom. The first-order valence-corrected chi connectivity index (χ1v) is 9.62. The molecule has 0 spiro atoms. The first-order valence-electron chi connectivity index (χ1n) is 9.62. The van der Waals surface area contributed by atoms with Gasteiger partial charge >= 0.3 is 0 Å². The summed E-state index contributed by atoms with van der Waals surface area (Å²) in [4.78, 5) is 23.4. The summed E-state index contributed by atoms with van der Waals surface area (Å²) in [7, 11) is 6.15. The predicted molar refractivity (Wildman–Crippen MR) is 98.7 cm³/mol. The lowest BCUT2D eigenvalue weighted by Gasteiger charge is -2.38. The van der Waals surface area contributed by atoms with Crippen molar-refractivity contribution in [1.82, 2.24) is 20.0 Å². The maximum Gasteiger partial charge on any atom is 0.251 e. The van der Waals surface area contributed by atoms with E-state index in [2.05, 4.69) is 34.2 Å².